The van der Waals surface area contributed by atoms with Gasteiger partial charge < -0.3 is 16.0 Å². The summed E-state index contributed by atoms with van der Waals surface area (Å²) in [4.78, 5) is 14.9. The van der Waals surface area contributed by atoms with E-state index in [1.54, 1.807) is 6.92 Å². The zero-order valence-corrected chi connectivity index (χ0v) is 20.5. The van der Waals surface area contributed by atoms with E-state index < -0.39 is 0 Å². The van der Waals surface area contributed by atoms with Gasteiger partial charge in [-0.1, -0.05) is 37.5 Å². The van der Waals surface area contributed by atoms with Crippen molar-refractivity contribution < 1.29 is 0 Å². The Hall–Kier alpha value is -2.47. The molecule has 1 saturated carbocycles. The lowest BCUT2D eigenvalue weighted by molar-refractivity contribution is 0.341. The number of halogens is 1. The Labute approximate surface area is 199 Å². The largest absolute Gasteiger partial charge is 0.390 e. The number of aliphatic imine (C=N–C) groups is 1. The minimum Gasteiger partial charge on any atom is -0.390 e. The Bertz CT molecular complexity index is 773. The smallest absolute Gasteiger partial charge is 0.225 e. The summed E-state index contributed by atoms with van der Waals surface area (Å²) < 4.78 is 0. The zero-order chi connectivity index (χ0) is 22.5. The molecule has 6 nitrogen and oxygen atoms in total. The van der Waals surface area contributed by atoms with Crippen LogP contribution >= 0.6 is 12.4 Å². The predicted octanol–water partition coefficient (Wildman–Crippen LogP) is 5.82. The Balaban J connectivity index is 0.000000312. The molecule has 4 rings (SSSR count). The number of hydrogen-bond donors (Lipinski definition) is 2. The third-order valence-electron chi connectivity index (χ3n) is 5.87. The van der Waals surface area contributed by atoms with Crippen molar-refractivity contribution in [3.63, 3.8) is 0 Å². The van der Waals surface area contributed by atoms with Crippen molar-refractivity contribution in [2.45, 2.75) is 52.9 Å². The SMILES string of the molecule is CC=N.CCCC1CC1C1CCN(c2ncccn2)CC1.Cc1ccc(N=CN)cc1.Cl. The summed E-state index contributed by atoms with van der Waals surface area (Å²) in [6.45, 7) is 8.30. The third kappa shape index (κ3) is 9.35. The van der Waals surface area contributed by atoms with E-state index in [0.717, 1.165) is 42.5 Å². The van der Waals surface area contributed by atoms with Crippen molar-refractivity contribution >= 4 is 36.6 Å². The summed E-state index contributed by atoms with van der Waals surface area (Å²) in [5, 5.41) is 6.08. The molecule has 1 aromatic carbocycles. The summed E-state index contributed by atoms with van der Waals surface area (Å²) in [6, 6.07) is 9.75. The van der Waals surface area contributed by atoms with Gasteiger partial charge in [0, 0.05) is 25.5 Å². The van der Waals surface area contributed by atoms with Gasteiger partial charge in [-0.05, 0) is 75.3 Å². The van der Waals surface area contributed by atoms with Crippen LogP contribution in [-0.4, -0.2) is 35.6 Å². The fraction of sp³-hybridized carbons (Fsp3) is 0.520. The fourth-order valence-corrected chi connectivity index (χ4v) is 4.25. The fourth-order valence-electron chi connectivity index (χ4n) is 4.25. The number of piperidine rings is 1. The lowest BCUT2D eigenvalue weighted by Gasteiger charge is -2.32. The molecular weight excluding hydrogens is 420 g/mol. The van der Waals surface area contributed by atoms with Crippen molar-refractivity contribution in [3.05, 3.63) is 48.3 Å². The van der Waals surface area contributed by atoms with Crippen LogP contribution in [0.15, 0.2) is 47.7 Å². The highest BCUT2D eigenvalue weighted by molar-refractivity contribution is 5.85. The second-order valence-electron chi connectivity index (χ2n) is 8.22. The molecular formula is C25H39ClN6. The number of nitrogens with zero attached hydrogens (tertiary/aromatic N) is 4. The van der Waals surface area contributed by atoms with Crippen LogP contribution in [0.4, 0.5) is 11.6 Å². The van der Waals surface area contributed by atoms with E-state index in [-0.39, 0.29) is 12.4 Å². The van der Waals surface area contributed by atoms with Gasteiger partial charge in [0.25, 0.3) is 0 Å². The van der Waals surface area contributed by atoms with Crippen LogP contribution in [-0.2, 0) is 0 Å². The topological polar surface area (TPSA) is 91.2 Å². The number of nitrogens with one attached hydrogen (secondary N) is 1. The van der Waals surface area contributed by atoms with E-state index in [9.17, 15) is 0 Å². The molecule has 2 fully saturated rings. The van der Waals surface area contributed by atoms with Gasteiger partial charge in [0.05, 0.1) is 12.0 Å². The van der Waals surface area contributed by atoms with Crippen LogP contribution in [0.2, 0.25) is 0 Å². The summed E-state index contributed by atoms with van der Waals surface area (Å²) >= 11 is 0. The molecule has 1 aliphatic carbocycles. The normalized spacial score (nSPS) is 19.7. The molecule has 0 amide bonds. The molecule has 176 valence electrons. The predicted molar refractivity (Wildman–Crippen MR) is 139 cm³/mol. The van der Waals surface area contributed by atoms with Gasteiger partial charge in [0.2, 0.25) is 5.95 Å². The Kier molecular flexibility index (Phi) is 13.2. The molecule has 3 N–H and O–H groups in total. The number of benzene rings is 1. The quantitative estimate of drug-likeness (QED) is 0.436. The average Bonchev–Trinajstić information content (AvgIpc) is 3.57. The van der Waals surface area contributed by atoms with Crippen molar-refractivity contribution in [2.75, 3.05) is 18.0 Å². The monoisotopic (exact) mass is 458 g/mol. The Morgan fingerprint density at radius 3 is 2.28 bits per heavy atom. The number of rotatable bonds is 5. The number of aromatic nitrogens is 2. The maximum Gasteiger partial charge on any atom is 0.225 e. The second-order valence-corrected chi connectivity index (χ2v) is 8.22. The van der Waals surface area contributed by atoms with Crippen molar-refractivity contribution in [1.82, 2.24) is 9.97 Å². The minimum atomic E-state index is 0. The summed E-state index contributed by atoms with van der Waals surface area (Å²) in [5.41, 5.74) is 7.24. The van der Waals surface area contributed by atoms with E-state index in [1.807, 2.05) is 49.6 Å². The molecule has 1 aromatic heterocycles. The highest BCUT2D eigenvalue weighted by Gasteiger charge is 2.42. The first-order valence-electron chi connectivity index (χ1n) is 11.4. The molecule has 0 bridgehead atoms. The first kappa shape index (κ1) is 27.6. The van der Waals surface area contributed by atoms with E-state index >= 15 is 0 Å². The van der Waals surface area contributed by atoms with Gasteiger partial charge in [-0.15, -0.1) is 12.4 Å². The Morgan fingerprint density at radius 2 is 1.75 bits per heavy atom. The molecule has 0 spiro atoms. The maximum absolute atomic E-state index is 6.08. The number of hydrogen-bond acceptors (Lipinski definition) is 5. The van der Waals surface area contributed by atoms with E-state index in [0.29, 0.717) is 0 Å². The number of nitrogens with two attached hydrogens (primary N) is 1. The standard InChI is InChI=1S/C15H23N3.C8H10N2.C2H5N.ClH/c1-2-4-13-11-14(13)12-5-9-18(10-6-12)15-16-7-3-8-17-15;1-7-2-4-8(5-3-7)10-6-9;1-2-3;/h3,7-8,12-14H,2,4-6,9-11H2,1H3;2-6H,1H3,(H2,9,10);2-3H,1H3;1H. The molecule has 7 heteroatoms. The lowest BCUT2D eigenvalue weighted by Crippen LogP contribution is -2.35. The maximum atomic E-state index is 6.08. The summed E-state index contributed by atoms with van der Waals surface area (Å²) in [5.74, 6) is 3.99. The van der Waals surface area contributed by atoms with Gasteiger partial charge in [-0.3, -0.25) is 0 Å². The summed E-state index contributed by atoms with van der Waals surface area (Å²) in [6.07, 6.45) is 13.2. The van der Waals surface area contributed by atoms with Crippen molar-refractivity contribution in [1.29, 1.82) is 5.41 Å². The van der Waals surface area contributed by atoms with Crippen LogP contribution in [0.3, 0.4) is 0 Å². The first-order valence-corrected chi connectivity index (χ1v) is 11.4. The second kappa shape index (κ2) is 15.4. The summed E-state index contributed by atoms with van der Waals surface area (Å²) in [7, 11) is 0. The van der Waals surface area contributed by atoms with Gasteiger partial charge in [-0.2, -0.15) is 0 Å². The zero-order valence-electron chi connectivity index (χ0n) is 19.7. The molecule has 1 aliphatic heterocycles. The molecule has 2 unspecified atom stereocenters. The Morgan fingerprint density at radius 1 is 1.16 bits per heavy atom. The van der Waals surface area contributed by atoms with Crippen molar-refractivity contribution in [3.8, 4) is 0 Å². The number of aryl methyl sites for hydroxylation is 1. The number of anilines is 1. The van der Waals surface area contributed by atoms with Gasteiger partial charge in [-0.25, -0.2) is 15.0 Å². The molecule has 0 radical (unpaired) electrons. The van der Waals surface area contributed by atoms with Crippen molar-refractivity contribution in [2.24, 2.45) is 28.5 Å². The van der Waals surface area contributed by atoms with Crippen LogP contribution in [0.25, 0.3) is 0 Å². The average molecular weight is 459 g/mol. The van der Waals surface area contributed by atoms with Gasteiger partial charge in [0.1, 0.15) is 0 Å². The van der Waals surface area contributed by atoms with Gasteiger partial charge in [0.15, 0.2) is 0 Å². The highest BCUT2D eigenvalue weighted by Crippen LogP contribution is 2.50. The minimum absolute atomic E-state index is 0. The van der Waals surface area contributed by atoms with Gasteiger partial charge >= 0.3 is 0 Å². The van der Waals surface area contributed by atoms with E-state index in [1.165, 1.54) is 50.2 Å². The highest BCUT2D eigenvalue weighted by atomic mass is 35.5. The lowest BCUT2D eigenvalue weighted by atomic mass is 9.90. The molecule has 2 aliphatic rings. The molecule has 32 heavy (non-hydrogen) atoms. The van der Waals surface area contributed by atoms with Crippen LogP contribution in [0, 0.1) is 30.1 Å². The molecule has 2 atom stereocenters. The molecule has 2 aromatic rings. The van der Waals surface area contributed by atoms with Crippen LogP contribution in [0.1, 0.15) is 51.5 Å². The van der Waals surface area contributed by atoms with E-state index in [2.05, 4.69) is 26.8 Å². The third-order valence-corrected chi connectivity index (χ3v) is 5.87. The van der Waals surface area contributed by atoms with Crippen LogP contribution in [0.5, 0.6) is 0 Å². The van der Waals surface area contributed by atoms with E-state index in [4.69, 9.17) is 11.1 Å². The molecule has 1 saturated heterocycles. The van der Waals surface area contributed by atoms with Crippen LogP contribution < -0.4 is 10.6 Å². The first-order chi connectivity index (χ1) is 15.1. The molecule has 2 heterocycles.